The van der Waals surface area contributed by atoms with Gasteiger partial charge in [0.1, 0.15) is 6.61 Å². The first kappa shape index (κ1) is 16.8. The van der Waals surface area contributed by atoms with Gasteiger partial charge in [-0.3, -0.25) is 4.79 Å². The van der Waals surface area contributed by atoms with Crippen LogP contribution < -0.4 is 0 Å². The Kier molecular flexibility index (Phi) is 3.59. The fourth-order valence-electron chi connectivity index (χ4n) is 6.78. The van der Waals surface area contributed by atoms with E-state index in [4.69, 9.17) is 13.9 Å². The fraction of sp³-hybridized carbons (Fsp3) is 0.750. The Hall–Kier alpha value is -1.37. The highest BCUT2D eigenvalue weighted by atomic mass is 16.6. The molecule has 1 spiro atoms. The third-order valence-electron chi connectivity index (χ3n) is 7.96. The van der Waals surface area contributed by atoms with Crippen LogP contribution >= 0.6 is 0 Å². The number of cyclic esters (lactones) is 1. The van der Waals surface area contributed by atoms with Crippen molar-refractivity contribution in [2.45, 2.75) is 57.5 Å². The lowest BCUT2D eigenvalue weighted by molar-refractivity contribution is -0.238. The van der Waals surface area contributed by atoms with Gasteiger partial charge in [0.15, 0.2) is 6.29 Å². The molecule has 6 nitrogen and oxygen atoms in total. The summed E-state index contributed by atoms with van der Waals surface area (Å²) in [6.45, 7) is 2.40. The van der Waals surface area contributed by atoms with E-state index in [0.29, 0.717) is 18.6 Å². The van der Waals surface area contributed by atoms with Crippen molar-refractivity contribution in [1.82, 2.24) is 0 Å². The zero-order valence-corrected chi connectivity index (χ0v) is 15.0. The van der Waals surface area contributed by atoms with Crippen LogP contribution in [0.4, 0.5) is 0 Å². The molecule has 6 heteroatoms. The van der Waals surface area contributed by atoms with E-state index < -0.39 is 17.8 Å². The maximum Gasteiger partial charge on any atom is 0.312 e. The number of aliphatic hydroxyl groups excluding tert-OH is 2. The molecule has 0 unspecified atom stereocenters. The van der Waals surface area contributed by atoms with Crippen molar-refractivity contribution < 1.29 is 28.9 Å². The Morgan fingerprint density at radius 1 is 1.38 bits per heavy atom. The zero-order valence-electron chi connectivity index (χ0n) is 15.0. The van der Waals surface area contributed by atoms with Gasteiger partial charge in [0.05, 0.1) is 30.1 Å². The van der Waals surface area contributed by atoms with Gasteiger partial charge in [-0.25, -0.2) is 0 Å². The topological polar surface area (TPSA) is 89.1 Å². The summed E-state index contributed by atoms with van der Waals surface area (Å²) >= 11 is 0. The summed E-state index contributed by atoms with van der Waals surface area (Å²) in [7, 11) is 0. The van der Waals surface area contributed by atoms with E-state index >= 15 is 0 Å². The Morgan fingerprint density at radius 2 is 2.23 bits per heavy atom. The molecular weight excluding hydrogens is 336 g/mol. The molecule has 0 amide bonds. The lowest BCUT2D eigenvalue weighted by Crippen LogP contribution is -2.67. The second-order valence-electron chi connectivity index (χ2n) is 8.75. The first-order chi connectivity index (χ1) is 12.5. The van der Waals surface area contributed by atoms with Crippen molar-refractivity contribution in [2.75, 3.05) is 6.61 Å². The third-order valence-corrected chi connectivity index (χ3v) is 7.96. The van der Waals surface area contributed by atoms with Gasteiger partial charge in [-0.05, 0) is 43.6 Å². The number of hydrogen-bond donors (Lipinski definition) is 2. The van der Waals surface area contributed by atoms with Gasteiger partial charge in [-0.1, -0.05) is 13.3 Å². The number of hydrogen-bond acceptors (Lipinski definition) is 6. The zero-order chi connectivity index (χ0) is 18.1. The Labute approximate surface area is 152 Å². The van der Waals surface area contributed by atoms with E-state index in [0.717, 1.165) is 25.7 Å². The Bertz CT molecular complexity index is 701. The molecular formula is C20H26O6. The molecule has 8 atom stereocenters. The number of rotatable bonds is 3. The summed E-state index contributed by atoms with van der Waals surface area (Å²) in [6.07, 6.45) is 5.28. The maximum atomic E-state index is 13.1. The van der Waals surface area contributed by atoms with E-state index in [9.17, 15) is 15.0 Å². The van der Waals surface area contributed by atoms with Crippen LogP contribution in [0.3, 0.4) is 0 Å². The molecule has 2 saturated heterocycles. The fourth-order valence-corrected chi connectivity index (χ4v) is 6.78. The summed E-state index contributed by atoms with van der Waals surface area (Å²) in [6, 6.07) is 1.74. The molecule has 0 aromatic carbocycles. The normalized spacial score (nSPS) is 48.0. The van der Waals surface area contributed by atoms with Gasteiger partial charge in [0, 0.05) is 16.9 Å². The van der Waals surface area contributed by atoms with Gasteiger partial charge in [0.2, 0.25) is 0 Å². The third kappa shape index (κ3) is 1.90. The van der Waals surface area contributed by atoms with Crippen molar-refractivity contribution in [3.8, 4) is 0 Å². The predicted octanol–water partition coefficient (Wildman–Crippen LogP) is 2.41. The van der Waals surface area contributed by atoms with Crippen LogP contribution in [0.5, 0.6) is 0 Å². The van der Waals surface area contributed by atoms with Crippen LogP contribution in [-0.2, 0) is 14.3 Å². The number of esters is 1. The summed E-state index contributed by atoms with van der Waals surface area (Å²) in [4.78, 5) is 13.1. The number of carbonyl (C=O) groups excluding carboxylic acids is 1. The van der Waals surface area contributed by atoms with E-state index in [2.05, 4.69) is 6.92 Å². The molecule has 2 N–H and O–H groups in total. The minimum absolute atomic E-state index is 0.0114. The first-order valence-electron chi connectivity index (χ1n) is 9.71. The summed E-state index contributed by atoms with van der Waals surface area (Å²) in [5.41, 5.74) is -0.359. The number of ether oxygens (including phenoxy) is 2. The second-order valence-corrected chi connectivity index (χ2v) is 8.75. The highest BCUT2D eigenvalue weighted by molar-refractivity contribution is 5.79. The molecule has 1 aromatic heterocycles. The highest BCUT2D eigenvalue weighted by Crippen LogP contribution is 2.70. The molecule has 2 bridgehead atoms. The molecule has 4 fully saturated rings. The molecule has 142 valence electrons. The maximum absolute atomic E-state index is 13.1. The number of carbonyl (C=O) groups is 1. The summed E-state index contributed by atoms with van der Waals surface area (Å²) in [5, 5.41) is 21.4. The smallest absolute Gasteiger partial charge is 0.312 e. The van der Waals surface area contributed by atoms with Gasteiger partial charge >= 0.3 is 5.97 Å². The van der Waals surface area contributed by atoms with Gasteiger partial charge in [-0.2, -0.15) is 0 Å². The summed E-state index contributed by atoms with van der Waals surface area (Å²) < 4.78 is 16.8. The van der Waals surface area contributed by atoms with Crippen LogP contribution in [0.25, 0.3) is 0 Å². The lowest BCUT2D eigenvalue weighted by atomic mass is 9.42. The number of aliphatic hydroxyl groups is 2. The molecule has 1 aromatic rings. The average molecular weight is 362 g/mol. The van der Waals surface area contributed by atoms with Crippen LogP contribution in [0, 0.1) is 28.6 Å². The SMILES string of the molecule is C[C@@H]1C[C@H]2O[C@H](O)[C@H]3CCC[C@@H]4[C@]1(C[C@H](O)c1ccoc1)C(=O)OC[C@@]342. The van der Waals surface area contributed by atoms with Crippen molar-refractivity contribution in [3.63, 3.8) is 0 Å². The standard InChI is InChI=1S/C20H26O6/c1-11-7-16-20-10-25-18(23)19(11,8-14(21)12-5-6-24-9-12)15(20)4-2-3-13(20)17(22)26-16/h5-6,9,11,13-17,21-22H,2-4,7-8,10H2,1H3/t11-,13-,14+,15-,16-,17+,19-,20-/m1/s1. The van der Waals surface area contributed by atoms with Gasteiger partial charge < -0.3 is 24.1 Å². The second kappa shape index (κ2) is 5.57. The van der Waals surface area contributed by atoms with Crippen LogP contribution in [-0.4, -0.2) is 35.2 Å². The van der Waals surface area contributed by atoms with Gasteiger partial charge in [-0.15, -0.1) is 0 Å². The molecule has 2 saturated carbocycles. The molecule has 26 heavy (non-hydrogen) atoms. The number of furan rings is 1. The molecule has 2 aliphatic heterocycles. The molecule has 3 heterocycles. The quantitative estimate of drug-likeness (QED) is 0.803. The van der Waals surface area contributed by atoms with Crippen molar-refractivity contribution in [3.05, 3.63) is 24.2 Å². The van der Waals surface area contributed by atoms with Crippen LogP contribution in [0.1, 0.15) is 50.7 Å². The van der Waals surface area contributed by atoms with Crippen LogP contribution in [0.2, 0.25) is 0 Å². The predicted molar refractivity (Wildman–Crippen MR) is 89.6 cm³/mol. The first-order valence-corrected chi connectivity index (χ1v) is 9.71. The molecule has 2 aliphatic carbocycles. The molecule has 4 aliphatic rings. The molecule has 0 radical (unpaired) electrons. The van der Waals surface area contributed by atoms with E-state index in [1.807, 2.05) is 0 Å². The minimum Gasteiger partial charge on any atom is -0.472 e. The lowest BCUT2D eigenvalue weighted by Gasteiger charge is -2.63. The van der Waals surface area contributed by atoms with Crippen molar-refractivity contribution in [2.24, 2.45) is 28.6 Å². The van der Waals surface area contributed by atoms with Crippen molar-refractivity contribution in [1.29, 1.82) is 0 Å². The Balaban J connectivity index is 1.59. The average Bonchev–Trinajstić information content (AvgIpc) is 3.24. The largest absolute Gasteiger partial charge is 0.472 e. The van der Waals surface area contributed by atoms with Crippen molar-refractivity contribution >= 4 is 5.97 Å². The Morgan fingerprint density at radius 3 is 3.00 bits per heavy atom. The van der Waals surface area contributed by atoms with Gasteiger partial charge in [0.25, 0.3) is 0 Å². The van der Waals surface area contributed by atoms with E-state index in [1.165, 1.54) is 12.5 Å². The van der Waals surface area contributed by atoms with Crippen LogP contribution in [0.15, 0.2) is 23.0 Å². The minimum atomic E-state index is -0.776. The van der Waals surface area contributed by atoms with E-state index in [1.54, 1.807) is 6.07 Å². The highest BCUT2D eigenvalue weighted by Gasteiger charge is 2.74. The molecule has 5 rings (SSSR count). The monoisotopic (exact) mass is 362 g/mol. The summed E-state index contributed by atoms with van der Waals surface area (Å²) in [5.74, 6) is -0.0903. The van der Waals surface area contributed by atoms with E-state index in [-0.39, 0.29) is 35.2 Å².